The zero-order chi connectivity index (χ0) is 37.9. The number of allylic oxidation sites excluding steroid dienone is 2. The van der Waals surface area contributed by atoms with Gasteiger partial charge in [0.1, 0.15) is 0 Å². The number of pyridine rings is 1. The van der Waals surface area contributed by atoms with Crippen molar-refractivity contribution in [3.8, 4) is 11.3 Å². The molecule has 0 spiro atoms. The van der Waals surface area contributed by atoms with Crippen molar-refractivity contribution in [2.24, 2.45) is 28.1 Å². The Bertz CT molecular complexity index is 1880. The first-order valence-corrected chi connectivity index (χ1v) is 20.1. The molecule has 3 aromatic carbocycles. The zero-order valence-corrected chi connectivity index (χ0v) is 37.5. The number of aliphatic hydroxyl groups is 1. The number of carbonyl (C=O) groups excluding carboxylic acids is 1. The van der Waals surface area contributed by atoms with Crippen molar-refractivity contribution in [3.05, 3.63) is 77.2 Å². The maximum atomic E-state index is 11.7. The Morgan fingerprint density at radius 1 is 0.788 bits per heavy atom. The van der Waals surface area contributed by atoms with Crippen molar-refractivity contribution in [1.29, 1.82) is 0 Å². The SMILES string of the molecule is CC(C)(C)Cc1ccc2c(CC(C)(C)C)c3c([c-]c2c1)-c1nccc2cc(CC(C)(C)C)cc(c12)S3.CCC(CC)C(=O)/C=C(\O)C(CC)CC.[Ir]. The van der Waals surface area contributed by atoms with E-state index < -0.39 is 0 Å². The molecule has 2 heterocycles. The van der Waals surface area contributed by atoms with Gasteiger partial charge in [-0.3, -0.25) is 9.78 Å². The van der Waals surface area contributed by atoms with Crippen LogP contribution >= 0.6 is 11.8 Å². The van der Waals surface area contributed by atoms with Crippen molar-refractivity contribution in [2.75, 3.05) is 0 Å². The van der Waals surface area contributed by atoms with Gasteiger partial charge >= 0.3 is 0 Å². The first kappa shape index (κ1) is 43.9. The summed E-state index contributed by atoms with van der Waals surface area (Å²) in [5.74, 6) is 0.547. The molecule has 1 aromatic heterocycles. The summed E-state index contributed by atoms with van der Waals surface area (Å²) in [6.45, 7) is 29.0. The average Bonchev–Trinajstić information content (AvgIpc) is 3.00. The second kappa shape index (κ2) is 17.8. The summed E-state index contributed by atoms with van der Waals surface area (Å²) in [6.07, 6.45) is 10.0. The van der Waals surface area contributed by atoms with Gasteiger partial charge in [-0.2, -0.15) is 0 Å². The predicted octanol–water partition coefficient (Wildman–Crippen LogP) is 14.0. The quantitative estimate of drug-likeness (QED) is 0.0862. The molecule has 0 atom stereocenters. The van der Waals surface area contributed by atoms with Crippen LogP contribution in [0.3, 0.4) is 0 Å². The molecule has 1 N–H and O–H groups in total. The van der Waals surface area contributed by atoms with Gasteiger partial charge in [0.25, 0.3) is 0 Å². The third kappa shape index (κ3) is 11.3. The first-order chi connectivity index (χ1) is 23.8. The average molecular weight is 899 g/mol. The van der Waals surface area contributed by atoms with Crippen molar-refractivity contribution in [1.82, 2.24) is 4.98 Å². The predicted molar refractivity (Wildman–Crippen MR) is 221 cm³/mol. The standard InChI is InChI=1S/C34H40NS.C13H24O2.Ir/c1-32(2,3)18-21-10-11-25-24(14-21)17-26-30-29-23(12-13-35-30)15-22(19-33(4,5)6)16-28(29)36-31(26)27(25)20-34(7,8)9;1-5-10(6-2)12(14)9-13(15)11(7-3)8-4;/h10-16H,18-20H2,1-9H3;9-11,14H,5-8H2,1-4H3;/q-1;;/b;12-9-;. The van der Waals surface area contributed by atoms with E-state index in [9.17, 15) is 9.90 Å². The summed E-state index contributed by atoms with van der Waals surface area (Å²) in [6, 6.07) is 17.9. The van der Waals surface area contributed by atoms with E-state index in [2.05, 4.69) is 105 Å². The Morgan fingerprint density at radius 3 is 1.92 bits per heavy atom. The van der Waals surface area contributed by atoms with Gasteiger partial charge in [-0.1, -0.05) is 130 Å². The first-order valence-electron chi connectivity index (χ1n) is 19.3. The van der Waals surface area contributed by atoms with Crippen LogP contribution < -0.4 is 0 Å². The van der Waals surface area contributed by atoms with Crippen LogP contribution in [0.5, 0.6) is 0 Å². The summed E-state index contributed by atoms with van der Waals surface area (Å²) in [5.41, 5.74) is 7.20. The fraction of sp³-hybridized carbons (Fsp3) is 0.532. The molecular weight excluding hydrogens is 835 g/mol. The third-order valence-corrected chi connectivity index (χ3v) is 11.0. The van der Waals surface area contributed by atoms with E-state index in [-0.39, 0.29) is 59.7 Å². The summed E-state index contributed by atoms with van der Waals surface area (Å²) >= 11 is 1.94. The molecule has 0 saturated heterocycles. The summed E-state index contributed by atoms with van der Waals surface area (Å²) < 4.78 is 0. The molecule has 3 nitrogen and oxygen atoms in total. The molecule has 4 aromatic rings. The Morgan fingerprint density at radius 2 is 1.37 bits per heavy atom. The topological polar surface area (TPSA) is 50.2 Å². The number of benzene rings is 3. The molecule has 285 valence electrons. The van der Waals surface area contributed by atoms with Crippen LogP contribution in [0, 0.1) is 34.1 Å². The minimum absolute atomic E-state index is 0. The molecule has 1 aliphatic rings. The minimum atomic E-state index is 0. The number of hydrogen-bond donors (Lipinski definition) is 1. The molecule has 5 heteroatoms. The number of aliphatic hydroxyl groups excluding tert-OH is 1. The van der Waals surface area contributed by atoms with Crippen LogP contribution in [0.4, 0.5) is 0 Å². The summed E-state index contributed by atoms with van der Waals surface area (Å²) in [5, 5.41) is 14.9. The monoisotopic (exact) mass is 899 g/mol. The van der Waals surface area contributed by atoms with Gasteiger partial charge < -0.3 is 5.11 Å². The van der Waals surface area contributed by atoms with E-state index in [1.165, 1.54) is 59.7 Å². The van der Waals surface area contributed by atoms with Crippen LogP contribution in [0.25, 0.3) is 32.8 Å². The second-order valence-electron chi connectivity index (χ2n) is 18.4. The summed E-state index contributed by atoms with van der Waals surface area (Å²) in [4.78, 5) is 19.4. The van der Waals surface area contributed by atoms with E-state index in [0.29, 0.717) is 0 Å². The largest absolute Gasteiger partial charge is 0.512 e. The molecular formula is C47H64IrNO2S-. The van der Waals surface area contributed by atoms with E-state index in [1.54, 1.807) is 0 Å². The van der Waals surface area contributed by atoms with Crippen LogP contribution in [0.2, 0.25) is 0 Å². The fourth-order valence-electron chi connectivity index (χ4n) is 7.34. The van der Waals surface area contributed by atoms with Crippen LogP contribution in [0.15, 0.2) is 64.2 Å². The van der Waals surface area contributed by atoms with Crippen LogP contribution in [-0.2, 0) is 44.2 Å². The molecule has 0 amide bonds. The molecule has 0 saturated carbocycles. The van der Waals surface area contributed by atoms with E-state index in [4.69, 9.17) is 4.98 Å². The fourth-order valence-corrected chi connectivity index (χ4v) is 8.64. The maximum Gasteiger partial charge on any atom is 0.162 e. The van der Waals surface area contributed by atoms with Gasteiger partial charge in [-0.15, -0.1) is 29.3 Å². The van der Waals surface area contributed by atoms with Gasteiger partial charge in [0.2, 0.25) is 0 Å². The number of nitrogens with zero attached hydrogens (tertiary/aromatic N) is 1. The zero-order valence-electron chi connectivity index (χ0n) is 34.3. The van der Waals surface area contributed by atoms with Crippen molar-refractivity contribution >= 4 is 39.1 Å². The molecule has 5 rings (SSSR count). The Balaban J connectivity index is 0.000000389. The van der Waals surface area contributed by atoms with Crippen molar-refractivity contribution in [2.45, 2.75) is 145 Å². The summed E-state index contributed by atoms with van der Waals surface area (Å²) in [7, 11) is 0. The second-order valence-corrected chi connectivity index (χ2v) is 19.4. The number of rotatable bonds is 10. The van der Waals surface area contributed by atoms with Gasteiger partial charge in [-0.05, 0) is 94.6 Å². The Labute approximate surface area is 333 Å². The van der Waals surface area contributed by atoms with Gasteiger partial charge in [0, 0.05) is 54.8 Å². The van der Waals surface area contributed by atoms with E-state index in [1.807, 2.05) is 45.7 Å². The molecule has 0 fully saturated rings. The number of ketones is 1. The van der Waals surface area contributed by atoms with Gasteiger partial charge in [0.15, 0.2) is 5.78 Å². The molecule has 0 unspecified atom stereocenters. The maximum absolute atomic E-state index is 11.7. The van der Waals surface area contributed by atoms with E-state index in [0.717, 1.165) is 50.6 Å². The molecule has 1 aliphatic heterocycles. The van der Waals surface area contributed by atoms with Crippen molar-refractivity contribution < 1.29 is 30.0 Å². The van der Waals surface area contributed by atoms with Crippen molar-refractivity contribution in [3.63, 3.8) is 0 Å². The normalized spacial score (nSPS) is 13.2. The molecule has 0 bridgehead atoms. The minimum Gasteiger partial charge on any atom is -0.512 e. The molecule has 52 heavy (non-hydrogen) atoms. The number of carbonyl (C=O) groups is 1. The third-order valence-electron chi connectivity index (χ3n) is 9.76. The van der Waals surface area contributed by atoms with Gasteiger partial charge in [-0.25, -0.2) is 0 Å². The van der Waals surface area contributed by atoms with Gasteiger partial charge in [0.05, 0.1) is 5.76 Å². The smallest absolute Gasteiger partial charge is 0.162 e. The molecule has 0 aliphatic carbocycles. The Kier molecular flexibility index (Phi) is 15.0. The number of hydrogen-bond acceptors (Lipinski definition) is 4. The molecule has 1 radical (unpaired) electrons. The number of aromatic nitrogens is 1. The van der Waals surface area contributed by atoms with Crippen LogP contribution in [-0.4, -0.2) is 15.9 Å². The van der Waals surface area contributed by atoms with Crippen LogP contribution in [0.1, 0.15) is 132 Å². The Hall–Kier alpha value is -2.46. The number of fused-ring (bicyclic) bond motifs is 3. The van der Waals surface area contributed by atoms with E-state index >= 15 is 0 Å².